The molecule has 1 heterocycles. The summed E-state index contributed by atoms with van der Waals surface area (Å²) in [5, 5.41) is 33.2. The molecule has 11 nitrogen and oxygen atoms in total. The Balaban J connectivity index is 2.05. The van der Waals surface area contributed by atoms with Crippen LogP contribution >= 0.6 is 0 Å². The number of fused-ring (bicyclic) bond motifs is 3. The molecule has 1 aliphatic carbocycles. The Morgan fingerprint density at radius 3 is 2.62 bits per heavy atom. The minimum absolute atomic E-state index is 0.0410. The second kappa shape index (κ2) is 13.7. The smallest absolute Gasteiger partial charge is 0.247 e. The van der Waals surface area contributed by atoms with Gasteiger partial charge in [-0.25, -0.2) is 0 Å². The maximum Gasteiger partial charge on any atom is 0.247 e. The normalized spacial score (nSPS) is 21.9. The van der Waals surface area contributed by atoms with Gasteiger partial charge in [0.25, 0.3) is 0 Å². The van der Waals surface area contributed by atoms with E-state index in [1.165, 1.54) is 14.2 Å². The number of benzene rings is 1. The highest BCUT2D eigenvalue weighted by atomic mass is 16.5. The number of carbonyl (C=O) groups is 2. The molecule has 4 N–H and O–H groups in total. The van der Waals surface area contributed by atoms with Crippen molar-refractivity contribution in [1.82, 2.24) is 10.2 Å². The van der Waals surface area contributed by atoms with E-state index in [1.807, 2.05) is 6.92 Å². The highest BCUT2D eigenvalue weighted by Gasteiger charge is 2.51. The van der Waals surface area contributed by atoms with Crippen LogP contribution < -0.4 is 14.8 Å². The van der Waals surface area contributed by atoms with E-state index in [-0.39, 0.29) is 38.7 Å². The first-order valence-electron chi connectivity index (χ1n) is 12.5. The molecule has 206 valence electrons. The highest BCUT2D eigenvalue weighted by molar-refractivity contribution is 5.96. The number of ether oxygens (including phenoxy) is 4. The summed E-state index contributed by atoms with van der Waals surface area (Å²) in [7, 11) is 2.98. The van der Waals surface area contributed by atoms with Gasteiger partial charge >= 0.3 is 0 Å². The number of methoxy groups -OCH3 is 2. The maximum atomic E-state index is 13.3. The zero-order valence-corrected chi connectivity index (χ0v) is 21.6. The molecule has 3 rings (SSSR count). The van der Waals surface area contributed by atoms with Crippen LogP contribution in [0.1, 0.15) is 36.8 Å². The molecule has 0 saturated carbocycles. The van der Waals surface area contributed by atoms with E-state index in [9.17, 15) is 24.9 Å². The predicted molar refractivity (Wildman–Crippen MR) is 133 cm³/mol. The van der Waals surface area contributed by atoms with Gasteiger partial charge in [0, 0.05) is 44.5 Å². The molecule has 1 aliphatic heterocycles. The molecule has 0 saturated heterocycles. The van der Waals surface area contributed by atoms with E-state index in [4.69, 9.17) is 18.9 Å². The summed E-state index contributed by atoms with van der Waals surface area (Å²) in [5.41, 5.74) is 1.47. The molecule has 0 bridgehead atoms. The minimum Gasteiger partial charge on any atom is -0.493 e. The van der Waals surface area contributed by atoms with Crippen molar-refractivity contribution in [2.24, 2.45) is 0 Å². The summed E-state index contributed by atoms with van der Waals surface area (Å²) in [6.07, 6.45) is 0.218. The van der Waals surface area contributed by atoms with Crippen molar-refractivity contribution in [2.45, 2.75) is 50.5 Å². The number of hydrogen-bond donors (Lipinski definition) is 4. The Morgan fingerprint density at radius 1 is 1.19 bits per heavy atom. The number of nitrogens with zero attached hydrogens (tertiary/aromatic N) is 1. The van der Waals surface area contributed by atoms with Crippen molar-refractivity contribution in [3.63, 3.8) is 0 Å². The second-order valence-electron chi connectivity index (χ2n) is 8.90. The van der Waals surface area contributed by atoms with E-state index in [0.717, 1.165) is 0 Å². The largest absolute Gasteiger partial charge is 0.493 e. The zero-order chi connectivity index (χ0) is 26.9. The van der Waals surface area contributed by atoms with E-state index >= 15 is 0 Å². The van der Waals surface area contributed by atoms with Gasteiger partial charge in [-0.3, -0.25) is 9.59 Å². The molecule has 0 aromatic heterocycles. The summed E-state index contributed by atoms with van der Waals surface area (Å²) in [4.78, 5) is 28.0. The van der Waals surface area contributed by atoms with Crippen molar-refractivity contribution in [3.8, 4) is 11.5 Å². The summed E-state index contributed by atoms with van der Waals surface area (Å²) in [5.74, 6) is -0.588. The summed E-state index contributed by atoms with van der Waals surface area (Å²) in [6.45, 7) is 2.94. The fraction of sp³-hybridized carbons (Fsp3) is 0.615. The number of rotatable bonds is 14. The monoisotopic (exact) mass is 522 g/mol. The molecule has 37 heavy (non-hydrogen) atoms. The average Bonchev–Trinajstić information content (AvgIpc) is 3.30. The average molecular weight is 523 g/mol. The van der Waals surface area contributed by atoms with E-state index in [1.54, 1.807) is 23.1 Å². The molecule has 0 unspecified atom stereocenters. The molecule has 0 fully saturated rings. The Labute approximate surface area is 216 Å². The van der Waals surface area contributed by atoms with E-state index in [0.29, 0.717) is 54.4 Å². The minimum atomic E-state index is -1.16. The maximum absolute atomic E-state index is 13.3. The Morgan fingerprint density at radius 2 is 1.97 bits per heavy atom. The van der Waals surface area contributed by atoms with Crippen LogP contribution in [0, 0.1) is 0 Å². The van der Waals surface area contributed by atoms with Gasteiger partial charge < -0.3 is 44.5 Å². The number of carbonyl (C=O) groups excluding carboxylic acids is 2. The quantitative estimate of drug-likeness (QED) is 0.250. The van der Waals surface area contributed by atoms with E-state index in [2.05, 4.69) is 5.32 Å². The van der Waals surface area contributed by atoms with Gasteiger partial charge in [-0.1, -0.05) is 0 Å². The lowest BCUT2D eigenvalue weighted by atomic mass is 9.77. The lowest BCUT2D eigenvalue weighted by molar-refractivity contribution is -0.138. The molecular weight excluding hydrogens is 484 g/mol. The van der Waals surface area contributed by atoms with Gasteiger partial charge in [0.1, 0.15) is 12.2 Å². The molecule has 4 atom stereocenters. The Hall–Kier alpha value is -2.70. The van der Waals surface area contributed by atoms with Gasteiger partial charge in [0.2, 0.25) is 11.8 Å². The molecule has 2 aliphatic rings. The first-order chi connectivity index (χ1) is 17.9. The number of hydrogen-bond acceptors (Lipinski definition) is 9. The Bertz CT molecular complexity index is 968. The molecule has 11 heteroatoms. The summed E-state index contributed by atoms with van der Waals surface area (Å²) in [6, 6.07) is 2.52. The number of nitrogens with one attached hydrogen (secondary N) is 1. The summed E-state index contributed by atoms with van der Waals surface area (Å²) < 4.78 is 22.2. The second-order valence-corrected chi connectivity index (χ2v) is 8.90. The van der Waals surface area contributed by atoms with Crippen LogP contribution in [0.4, 0.5) is 0 Å². The fourth-order valence-corrected chi connectivity index (χ4v) is 4.87. The zero-order valence-electron chi connectivity index (χ0n) is 21.6. The molecule has 2 amide bonds. The van der Waals surface area contributed by atoms with Crippen LogP contribution in [-0.4, -0.2) is 104 Å². The van der Waals surface area contributed by atoms with Crippen LogP contribution in [0.5, 0.6) is 11.5 Å². The molecule has 0 radical (unpaired) electrons. The number of aliphatic hydroxyl groups is 3. The molecule has 1 aromatic rings. The van der Waals surface area contributed by atoms with Crippen LogP contribution in [0.15, 0.2) is 23.8 Å². The van der Waals surface area contributed by atoms with Crippen LogP contribution in [0.2, 0.25) is 0 Å². The fourth-order valence-electron chi connectivity index (χ4n) is 4.87. The first kappa shape index (κ1) is 28.9. The number of amides is 2. The van der Waals surface area contributed by atoms with E-state index < -0.39 is 30.1 Å². The predicted octanol–water partition coefficient (Wildman–Crippen LogP) is 0.102. The molecular formula is C26H38N2O9. The third kappa shape index (κ3) is 6.42. The lowest BCUT2D eigenvalue weighted by Gasteiger charge is -2.40. The SMILES string of the molecule is CCOCCCN(C(=O)CCOC)[C@@H]1C=C(C(=O)NCCO)[C@@H]2c3cc(CO)cc(OC)c3O[C@@H]2[C@H]1O. The lowest BCUT2D eigenvalue weighted by Crippen LogP contribution is -2.56. The van der Waals surface area contributed by atoms with Crippen LogP contribution in [0.3, 0.4) is 0 Å². The van der Waals surface area contributed by atoms with Gasteiger partial charge in [0.15, 0.2) is 11.5 Å². The molecule has 1 aromatic carbocycles. The first-order valence-corrected chi connectivity index (χ1v) is 12.5. The van der Waals surface area contributed by atoms with Crippen LogP contribution in [-0.2, 0) is 25.7 Å². The van der Waals surface area contributed by atoms with Crippen molar-refractivity contribution >= 4 is 11.8 Å². The van der Waals surface area contributed by atoms with Crippen molar-refractivity contribution in [1.29, 1.82) is 0 Å². The van der Waals surface area contributed by atoms with Crippen LogP contribution in [0.25, 0.3) is 0 Å². The molecule has 0 spiro atoms. The topological polar surface area (TPSA) is 147 Å². The standard InChI is InChI=1S/C26H38N2O9/c1-4-36-10-5-8-28(21(31)6-11-34-2)19-14-18(26(33)27-7-9-29)22-17-12-16(15-30)13-20(35-3)24(17)37-25(22)23(19)32/h12-14,19,22-23,25,29-30,32H,4-11,15H2,1-3H3,(H,27,33)/t19-,22+,23+,25+/m1/s1. The van der Waals surface area contributed by atoms with Crippen molar-refractivity contribution in [2.75, 3.05) is 53.7 Å². The van der Waals surface area contributed by atoms with Gasteiger partial charge in [-0.15, -0.1) is 0 Å². The van der Waals surface area contributed by atoms with Crippen molar-refractivity contribution in [3.05, 3.63) is 34.9 Å². The Kier molecular flexibility index (Phi) is 10.7. The number of aliphatic hydroxyl groups excluding tert-OH is 3. The van der Waals surface area contributed by atoms with Gasteiger partial charge in [-0.2, -0.15) is 0 Å². The van der Waals surface area contributed by atoms with Gasteiger partial charge in [-0.05, 0) is 37.1 Å². The third-order valence-corrected chi connectivity index (χ3v) is 6.59. The van der Waals surface area contributed by atoms with Gasteiger partial charge in [0.05, 0.1) is 45.3 Å². The summed E-state index contributed by atoms with van der Waals surface area (Å²) >= 11 is 0. The third-order valence-electron chi connectivity index (χ3n) is 6.59. The van der Waals surface area contributed by atoms with Crippen molar-refractivity contribution < 1.29 is 43.9 Å². The highest BCUT2D eigenvalue weighted by Crippen LogP contribution is 2.51.